The number of aromatic nitrogens is 1. The summed E-state index contributed by atoms with van der Waals surface area (Å²) in [4.78, 5) is 3.65. The van der Waals surface area contributed by atoms with Crippen molar-refractivity contribution in [2.75, 3.05) is 6.54 Å². The molecule has 0 bridgehead atoms. The molecule has 1 aliphatic rings. The maximum absolute atomic E-state index is 3.65. The molecule has 2 aromatic rings. The lowest BCUT2D eigenvalue weighted by molar-refractivity contribution is -0.695. The summed E-state index contributed by atoms with van der Waals surface area (Å²) in [7, 11) is 0. The quantitative estimate of drug-likeness (QED) is 0.793. The fraction of sp³-hybridized carbons (Fsp3) is 0.467. The van der Waals surface area contributed by atoms with Gasteiger partial charge in [-0.1, -0.05) is 11.6 Å². The highest BCUT2D eigenvalue weighted by molar-refractivity contribution is 5.85. The third-order valence-corrected chi connectivity index (χ3v) is 3.93. The van der Waals surface area contributed by atoms with E-state index >= 15 is 0 Å². The molecule has 90 valence electrons. The normalized spacial score (nSPS) is 19.5. The van der Waals surface area contributed by atoms with Gasteiger partial charge < -0.3 is 10.3 Å². The van der Waals surface area contributed by atoms with Gasteiger partial charge in [0.25, 0.3) is 0 Å². The molecular weight excluding hydrogens is 208 g/mol. The van der Waals surface area contributed by atoms with Crippen LogP contribution in [0.2, 0.25) is 0 Å². The Morgan fingerprint density at radius 3 is 3.12 bits per heavy atom. The Morgan fingerprint density at radius 1 is 1.41 bits per heavy atom. The molecular formula is C15H21N2+. The number of aryl methyl sites for hydroxylation is 2. The first-order chi connectivity index (χ1) is 8.29. The molecule has 1 aromatic carbocycles. The van der Waals surface area contributed by atoms with Gasteiger partial charge in [0.2, 0.25) is 0 Å². The van der Waals surface area contributed by atoms with Crippen molar-refractivity contribution in [2.45, 2.75) is 39.2 Å². The summed E-state index contributed by atoms with van der Waals surface area (Å²) in [6, 6.07) is 7.41. The average Bonchev–Trinajstić information content (AvgIpc) is 2.69. The fourth-order valence-electron chi connectivity index (χ4n) is 3.13. The van der Waals surface area contributed by atoms with E-state index in [1.165, 1.54) is 48.0 Å². The van der Waals surface area contributed by atoms with Crippen LogP contribution in [-0.2, 0) is 6.42 Å². The van der Waals surface area contributed by atoms with Crippen LogP contribution in [0.15, 0.2) is 18.2 Å². The number of nitrogens with two attached hydrogens (primary N) is 1. The Hall–Kier alpha value is -1.28. The lowest BCUT2D eigenvalue weighted by Gasteiger charge is -2.20. The molecule has 1 heterocycles. The Labute approximate surface area is 102 Å². The molecule has 2 nitrogen and oxygen atoms in total. The number of hydrogen-bond donors (Lipinski definition) is 2. The van der Waals surface area contributed by atoms with E-state index in [1.807, 2.05) is 0 Å². The Kier molecular flexibility index (Phi) is 2.67. The van der Waals surface area contributed by atoms with E-state index in [4.69, 9.17) is 0 Å². The first-order valence-electron chi connectivity index (χ1n) is 6.74. The predicted octanol–water partition coefficient (Wildman–Crippen LogP) is 2.44. The molecule has 3 rings (SSSR count). The minimum atomic E-state index is 0.649. The molecule has 0 aliphatic heterocycles. The molecule has 2 heteroatoms. The van der Waals surface area contributed by atoms with Crippen molar-refractivity contribution >= 4 is 10.9 Å². The van der Waals surface area contributed by atoms with Crippen LogP contribution < -0.4 is 5.32 Å². The summed E-state index contributed by atoms with van der Waals surface area (Å²) in [5, 5.41) is 3.91. The third-order valence-electron chi connectivity index (χ3n) is 3.93. The highest BCUT2D eigenvalue weighted by Crippen LogP contribution is 2.33. The van der Waals surface area contributed by atoms with Crippen LogP contribution in [0, 0.1) is 6.92 Å². The van der Waals surface area contributed by atoms with Crippen molar-refractivity contribution < 1.29 is 5.32 Å². The van der Waals surface area contributed by atoms with Crippen molar-refractivity contribution in [3.8, 4) is 0 Å². The maximum atomic E-state index is 3.65. The second-order valence-electron chi connectivity index (χ2n) is 5.21. The van der Waals surface area contributed by atoms with Crippen LogP contribution in [0.3, 0.4) is 0 Å². The molecule has 0 unspecified atom stereocenters. The van der Waals surface area contributed by atoms with E-state index < -0.39 is 0 Å². The Bertz CT molecular complexity index is 539. The van der Waals surface area contributed by atoms with E-state index in [1.54, 1.807) is 5.56 Å². The van der Waals surface area contributed by atoms with Crippen molar-refractivity contribution in [3.05, 3.63) is 35.0 Å². The van der Waals surface area contributed by atoms with Gasteiger partial charge in [-0.15, -0.1) is 0 Å². The molecule has 3 N–H and O–H groups in total. The highest BCUT2D eigenvalue weighted by atomic mass is 14.9. The van der Waals surface area contributed by atoms with Gasteiger partial charge in [0.1, 0.15) is 6.04 Å². The van der Waals surface area contributed by atoms with Gasteiger partial charge in [-0.3, -0.25) is 0 Å². The lowest BCUT2D eigenvalue weighted by Crippen LogP contribution is -2.85. The van der Waals surface area contributed by atoms with Crippen LogP contribution >= 0.6 is 0 Å². The third kappa shape index (κ3) is 1.77. The van der Waals surface area contributed by atoms with Crippen molar-refractivity contribution in [2.24, 2.45) is 0 Å². The smallest absolute Gasteiger partial charge is 0.127 e. The Morgan fingerprint density at radius 2 is 2.29 bits per heavy atom. The van der Waals surface area contributed by atoms with E-state index in [9.17, 15) is 0 Å². The van der Waals surface area contributed by atoms with Gasteiger partial charge in [0.05, 0.1) is 12.2 Å². The summed E-state index contributed by atoms with van der Waals surface area (Å²) in [5.41, 5.74) is 5.74. The minimum Gasteiger partial charge on any atom is -0.353 e. The topological polar surface area (TPSA) is 32.4 Å². The predicted molar refractivity (Wildman–Crippen MR) is 71.2 cm³/mol. The molecule has 1 atom stereocenters. The lowest BCUT2D eigenvalue weighted by atomic mass is 9.91. The zero-order valence-corrected chi connectivity index (χ0v) is 10.7. The second-order valence-corrected chi connectivity index (χ2v) is 5.21. The Balaban J connectivity index is 2.15. The van der Waals surface area contributed by atoms with E-state index in [0.717, 1.165) is 0 Å². The number of H-pyrrole nitrogens is 1. The summed E-state index contributed by atoms with van der Waals surface area (Å²) in [6.45, 7) is 5.58. The van der Waals surface area contributed by atoms with E-state index in [2.05, 4.69) is 42.3 Å². The van der Waals surface area contributed by atoms with E-state index in [0.29, 0.717) is 6.04 Å². The molecule has 0 saturated heterocycles. The number of quaternary nitrogens is 1. The number of fused-ring (bicyclic) bond motifs is 3. The SMILES string of the molecule is CC[NH2+][C@H]1CCCc2c1[nH]c1ccc(C)cc21. The van der Waals surface area contributed by atoms with Gasteiger partial charge in [-0.05, 0) is 44.4 Å². The van der Waals surface area contributed by atoms with Crippen LogP contribution in [0.5, 0.6) is 0 Å². The van der Waals surface area contributed by atoms with Gasteiger partial charge in [0.15, 0.2) is 0 Å². The van der Waals surface area contributed by atoms with Crippen LogP contribution in [0.4, 0.5) is 0 Å². The monoisotopic (exact) mass is 229 g/mol. The van der Waals surface area contributed by atoms with Crippen LogP contribution in [-0.4, -0.2) is 11.5 Å². The van der Waals surface area contributed by atoms with Gasteiger partial charge in [0, 0.05) is 17.3 Å². The maximum Gasteiger partial charge on any atom is 0.127 e. The van der Waals surface area contributed by atoms with Crippen molar-refractivity contribution in [3.63, 3.8) is 0 Å². The molecule has 0 saturated carbocycles. The summed E-state index contributed by atoms with van der Waals surface area (Å²) in [5.74, 6) is 0. The number of benzene rings is 1. The average molecular weight is 229 g/mol. The zero-order valence-electron chi connectivity index (χ0n) is 10.7. The first kappa shape index (κ1) is 10.8. The molecule has 0 amide bonds. The number of hydrogen-bond acceptors (Lipinski definition) is 0. The molecule has 0 radical (unpaired) electrons. The van der Waals surface area contributed by atoms with Crippen molar-refractivity contribution in [1.29, 1.82) is 0 Å². The summed E-state index contributed by atoms with van der Waals surface area (Å²) >= 11 is 0. The van der Waals surface area contributed by atoms with Gasteiger partial charge in [-0.2, -0.15) is 0 Å². The number of rotatable bonds is 2. The second kappa shape index (κ2) is 4.19. The van der Waals surface area contributed by atoms with E-state index in [-0.39, 0.29) is 0 Å². The van der Waals surface area contributed by atoms with Crippen LogP contribution in [0.1, 0.15) is 42.6 Å². The summed E-state index contributed by atoms with van der Waals surface area (Å²) < 4.78 is 0. The number of nitrogens with one attached hydrogen (secondary N) is 1. The number of aromatic amines is 1. The standard InChI is InChI=1S/C15H20N2/c1-3-16-14-6-4-5-11-12-9-10(2)7-8-13(12)17-15(11)14/h7-9,14,16-17H,3-6H2,1-2H3/p+1/t14-/m0/s1. The van der Waals surface area contributed by atoms with Crippen molar-refractivity contribution in [1.82, 2.24) is 4.98 Å². The first-order valence-corrected chi connectivity index (χ1v) is 6.74. The zero-order chi connectivity index (χ0) is 11.8. The molecule has 0 fully saturated rings. The van der Waals surface area contributed by atoms with Gasteiger partial charge in [-0.25, -0.2) is 0 Å². The van der Waals surface area contributed by atoms with Crippen LogP contribution in [0.25, 0.3) is 10.9 Å². The molecule has 0 spiro atoms. The summed E-state index contributed by atoms with van der Waals surface area (Å²) in [6.07, 6.45) is 3.88. The molecule has 1 aliphatic carbocycles. The highest BCUT2D eigenvalue weighted by Gasteiger charge is 2.25. The largest absolute Gasteiger partial charge is 0.353 e. The molecule has 17 heavy (non-hydrogen) atoms. The minimum absolute atomic E-state index is 0.649. The molecule has 1 aromatic heterocycles. The van der Waals surface area contributed by atoms with Gasteiger partial charge >= 0.3 is 0 Å². The fourth-order valence-corrected chi connectivity index (χ4v) is 3.13.